The van der Waals surface area contributed by atoms with Gasteiger partial charge in [0, 0.05) is 13.7 Å². The highest BCUT2D eigenvalue weighted by Gasteiger charge is 2.18. The molecule has 0 aromatic heterocycles. The van der Waals surface area contributed by atoms with Gasteiger partial charge >= 0.3 is 0 Å². The van der Waals surface area contributed by atoms with Crippen LogP contribution in [0.1, 0.15) is 27.2 Å². The van der Waals surface area contributed by atoms with Crippen LogP contribution in [0.15, 0.2) is 0 Å². The van der Waals surface area contributed by atoms with E-state index < -0.39 is 0 Å². The third-order valence-electron chi connectivity index (χ3n) is 2.35. The van der Waals surface area contributed by atoms with E-state index in [1.54, 1.807) is 7.11 Å². The van der Waals surface area contributed by atoms with Gasteiger partial charge in [0.1, 0.15) is 0 Å². The smallest absolute Gasteiger partial charge is 0.0621 e. The summed E-state index contributed by atoms with van der Waals surface area (Å²) in [4.78, 5) is 0. The first-order chi connectivity index (χ1) is 5.13. The van der Waals surface area contributed by atoms with Crippen molar-refractivity contribution in [3.63, 3.8) is 0 Å². The number of hydrogen-bond donors (Lipinski definition) is 1. The van der Waals surface area contributed by atoms with Crippen LogP contribution in [0.2, 0.25) is 0 Å². The average molecular weight is 160 g/mol. The monoisotopic (exact) mass is 160 g/mol. The second-order valence-electron chi connectivity index (χ2n) is 3.39. The zero-order valence-corrected chi connectivity index (χ0v) is 8.00. The molecule has 0 aliphatic rings. The molecule has 0 aromatic carbocycles. The standard InChI is InChI=1S/C9H20O2/c1-7(2)8(3)9(11-4)5-6-10/h7-10H,5-6H2,1-4H3. The van der Waals surface area contributed by atoms with E-state index in [1.165, 1.54) is 0 Å². The normalized spacial score (nSPS) is 16.9. The first kappa shape index (κ1) is 10.9. The number of ether oxygens (including phenoxy) is 1. The molecule has 0 aliphatic heterocycles. The van der Waals surface area contributed by atoms with E-state index in [1.807, 2.05) is 0 Å². The Labute approximate surface area is 69.6 Å². The van der Waals surface area contributed by atoms with Gasteiger partial charge in [-0.25, -0.2) is 0 Å². The molecule has 0 rings (SSSR count). The lowest BCUT2D eigenvalue weighted by atomic mass is 9.91. The summed E-state index contributed by atoms with van der Waals surface area (Å²) in [7, 11) is 1.71. The second kappa shape index (κ2) is 5.56. The third-order valence-corrected chi connectivity index (χ3v) is 2.35. The average Bonchev–Trinajstić information content (AvgIpc) is 1.98. The van der Waals surface area contributed by atoms with Crippen molar-refractivity contribution >= 4 is 0 Å². The molecule has 0 saturated carbocycles. The molecule has 11 heavy (non-hydrogen) atoms. The van der Waals surface area contributed by atoms with Crippen molar-refractivity contribution in [1.82, 2.24) is 0 Å². The SMILES string of the molecule is COC(CCO)C(C)C(C)C. The van der Waals surface area contributed by atoms with E-state index in [0.717, 1.165) is 6.42 Å². The summed E-state index contributed by atoms with van der Waals surface area (Å²) in [5.74, 6) is 1.14. The minimum absolute atomic E-state index is 0.208. The highest BCUT2D eigenvalue weighted by Crippen LogP contribution is 2.18. The molecule has 0 saturated heterocycles. The lowest BCUT2D eigenvalue weighted by Gasteiger charge is -2.24. The number of aliphatic hydroxyl groups excluding tert-OH is 1. The molecule has 0 aliphatic carbocycles. The topological polar surface area (TPSA) is 29.5 Å². The molecule has 0 spiro atoms. The summed E-state index contributed by atoms with van der Waals surface area (Å²) >= 11 is 0. The summed E-state index contributed by atoms with van der Waals surface area (Å²) in [6.07, 6.45) is 0.954. The fourth-order valence-electron chi connectivity index (χ4n) is 1.15. The predicted molar refractivity (Wildman–Crippen MR) is 46.5 cm³/mol. The quantitative estimate of drug-likeness (QED) is 0.663. The Morgan fingerprint density at radius 1 is 1.27 bits per heavy atom. The van der Waals surface area contributed by atoms with Gasteiger partial charge in [-0.15, -0.1) is 0 Å². The molecule has 2 nitrogen and oxygen atoms in total. The van der Waals surface area contributed by atoms with Gasteiger partial charge in [-0.1, -0.05) is 20.8 Å². The molecule has 0 heterocycles. The Kier molecular flexibility index (Phi) is 5.51. The second-order valence-corrected chi connectivity index (χ2v) is 3.39. The van der Waals surface area contributed by atoms with Gasteiger partial charge in [-0.05, 0) is 18.3 Å². The van der Waals surface area contributed by atoms with Gasteiger partial charge in [-0.2, -0.15) is 0 Å². The van der Waals surface area contributed by atoms with Crippen LogP contribution in [0.4, 0.5) is 0 Å². The highest BCUT2D eigenvalue weighted by atomic mass is 16.5. The van der Waals surface area contributed by atoms with E-state index in [0.29, 0.717) is 11.8 Å². The largest absolute Gasteiger partial charge is 0.396 e. The Bertz CT molecular complexity index is 91.6. The van der Waals surface area contributed by atoms with Gasteiger partial charge in [0.05, 0.1) is 6.10 Å². The van der Waals surface area contributed by atoms with Crippen LogP contribution in [0.25, 0.3) is 0 Å². The van der Waals surface area contributed by atoms with Crippen molar-refractivity contribution in [3.05, 3.63) is 0 Å². The van der Waals surface area contributed by atoms with Crippen molar-refractivity contribution in [2.24, 2.45) is 11.8 Å². The zero-order valence-electron chi connectivity index (χ0n) is 8.00. The molecule has 0 fully saturated rings. The number of methoxy groups -OCH3 is 1. The molecular weight excluding hydrogens is 140 g/mol. The Morgan fingerprint density at radius 2 is 1.82 bits per heavy atom. The van der Waals surface area contributed by atoms with Crippen molar-refractivity contribution in [2.75, 3.05) is 13.7 Å². The lowest BCUT2D eigenvalue weighted by molar-refractivity contribution is 0.0227. The van der Waals surface area contributed by atoms with Crippen LogP contribution in [0.3, 0.4) is 0 Å². The molecule has 2 heteroatoms. The Balaban J connectivity index is 3.81. The fourth-order valence-corrected chi connectivity index (χ4v) is 1.15. The minimum atomic E-state index is 0.208. The van der Waals surface area contributed by atoms with Crippen molar-refractivity contribution in [1.29, 1.82) is 0 Å². The van der Waals surface area contributed by atoms with E-state index in [9.17, 15) is 0 Å². The molecule has 0 aromatic rings. The summed E-state index contributed by atoms with van der Waals surface area (Å²) in [6, 6.07) is 0. The van der Waals surface area contributed by atoms with Crippen molar-refractivity contribution in [2.45, 2.75) is 33.3 Å². The van der Waals surface area contributed by atoms with Crippen LogP contribution >= 0.6 is 0 Å². The van der Waals surface area contributed by atoms with Crippen LogP contribution in [0, 0.1) is 11.8 Å². The maximum Gasteiger partial charge on any atom is 0.0621 e. The summed E-state index contributed by atoms with van der Waals surface area (Å²) < 4.78 is 5.25. The maximum atomic E-state index is 8.72. The van der Waals surface area contributed by atoms with Gasteiger partial charge in [0.15, 0.2) is 0 Å². The Hall–Kier alpha value is -0.0800. The minimum Gasteiger partial charge on any atom is -0.396 e. The number of aliphatic hydroxyl groups is 1. The molecule has 68 valence electrons. The zero-order chi connectivity index (χ0) is 8.85. The van der Waals surface area contributed by atoms with Crippen LogP contribution in [-0.4, -0.2) is 24.9 Å². The van der Waals surface area contributed by atoms with Gasteiger partial charge in [-0.3, -0.25) is 0 Å². The first-order valence-corrected chi connectivity index (χ1v) is 4.27. The van der Waals surface area contributed by atoms with E-state index >= 15 is 0 Å². The summed E-state index contributed by atoms with van der Waals surface area (Å²) in [5, 5.41) is 8.72. The molecular formula is C9H20O2. The molecule has 2 unspecified atom stereocenters. The molecule has 0 radical (unpaired) electrons. The van der Waals surface area contributed by atoms with Crippen molar-refractivity contribution in [3.8, 4) is 0 Å². The molecule has 1 N–H and O–H groups in total. The fraction of sp³-hybridized carbons (Fsp3) is 1.00. The Morgan fingerprint density at radius 3 is 2.09 bits per heavy atom. The van der Waals surface area contributed by atoms with E-state index in [4.69, 9.17) is 9.84 Å². The highest BCUT2D eigenvalue weighted by molar-refractivity contribution is 4.68. The predicted octanol–water partition coefficient (Wildman–Crippen LogP) is 1.68. The molecule has 0 amide bonds. The van der Waals surface area contributed by atoms with Gasteiger partial charge in [0.2, 0.25) is 0 Å². The van der Waals surface area contributed by atoms with Crippen LogP contribution in [0.5, 0.6) is 0 Å². The lowest BCUT2D eigenvalue weighted by Crippen LogP contribution is -2.25. The van der Waals surface area contributed by atoms with E-state index in [2.05, 4.69) is 20.8 Å². The third kappa shape index (κ3) is 3.73. The van der Waals surface area contributed by atoms with Crippen LogP contribution in [-0.2, 0) is 4.74 Å². The van der Waals surface area contributed by atoms with E-state index in [-0.39, 0.29) is 12.7 Å². The number of rotatable bonds is 5. The summed E-state index contributed by atoms with van der Waals surface area (Å²) in [6.45, 7) is 6.73. The molecule has 2 atom stereocenters. The first-order valence-electron chi connectivity index (χ1n) is 4.27. The number of hydrogen-bond acceptors (Lipinski definition) is 2. The molecule has 0 bridgehead atoms. The van der Waals surface area contributed by atoms with Gasteiger partial charge in [0.25, 0.3) is 0 Å². The maximum absolute atomic E-state index is 8.72. The van der Waals surface area contributed by atoms with Crippen LogP contribution < -0.4 is 0 Å². The summed E-state index contributed by atoms with van der Waals surface area (Å²) in [5.41, 5.74) is 0. The van der Waals surface area contributed by atoms with Crippen molar-refractivity contribution < 1.29 is 9.84 Å². The van der Waals surface area contributed by atoms with Gasteiger partial charge < -0.3 is 9.84 Å².